The van der Waals surface area contributed by atoms with Crippen LogP contribution in [0.3, 0.4) is 0 Å². The van der Waals surface area contributed by atoms with Crippen LogP contribution < -0.4 is 0 Å². The number of β-lactam (4-membered cyclic amide) rings is 1. The maximum absolute atomic E-state index is 12.6. The Morgan fingerprint density at radius 3 is 2.50 bits per heavy atom. The van der Waals surface area contributed by atoms with E-state index in [2.05, 4.69) is 0 Å². The van der Waals surface area contributed by atoms with Crippen molar-refractivity contribution in [2.24, 2.45) is 5.92 Å². The summed E-state index contributed by atoms with van der Waals surface area (Å²) in [7, 11) is 1.25. The van der Waals surface area contributed by atoms with Crippen molar-refractivity contribution in [3.05, 3.63) is 11.5 Å². The van der Waals surface area contributed by atoms with E-state index >= 15 is 0 Å². The van der Waals surface area contributed by atoms with Gasteiger partial charge in [-0.3, -0.25) is 14.5 Å². The average molecular weight is 320 g/mol. The van der Waals surface area contributed by atoms with E-state index in [4.69, 9.17) is 4.74 Å². The number of piperidine rings is 1. The van der Waals surface area contributed by atoms with Gasteiger partial charge in [-0.1, -0.05) is 0 Å². The van der Waals surface area contributed by atoms with Gasteiger partial charge in [-0.05, 0) is 6.42 Å². The summed E-state index contributed by atoms with van der Waals surface area (Å²) < 4.78 is 42.8. The van der Waals surface area contributed by atoms with Gasteiger partial charge in [-0.15, -0.1) is 0 Å². The van der Waals surface area contributed by atoms with E-state index in [9.17, 15) is 32.7 Å². The van der Waals surface area contributed by atoms with E-state index < -0.39 is 42.0 Å². The number of nitrogens with zero attached hydrogens (tertiary/aromatic N) is 2. The third-order valence-electron chi connectivity index (χ3n) is 4.28. The molecule has 1 N–H and O–H groups in total. The smallest absolute Gasteiger partial charge is 0.471 e. The molecule has 7 nitrogen and oxygen atoms in total. The lowest BCUT2D eigenvalue weighted by Gasteiger charge is -2.52. The highest BCUT2D eigenvalue weighted by Gasteiger charge is 2.66. The molecule has 0 radical (unpaired) electrons. The molecule has 3 atom stereocenters. The van der Waals surface area contributed by atoms with Gasteiger partial charge in [0, 0.05) is 12.5 Å². The summed E-state index contributed by atoms with van der Waals surface area (Å²) in [5.74, 6) is -4.71. The number of carboxylic acids is 1. The SMILES string of the molecule is COC1=C(C(=O)O)N2C(=O)[C@@H]3[C@H]2C1CCN3C(=O)C(F)(F)F. The minimum Gasteiger partial charge on any atom is -0.498 e. The number of carboxylic acid groups (broad SMARTS) is 1. The molecule has 0 aliphatic carbocycles. The Labute approximate surface area is 121 Å². The van der Waals surface area contributed by atoms with Gasteiger partial charge in [0.25, 0.3) is 5.91 Å². The number of hydrogen-bond acceptors (Lipinski definition) is 4. The molecule has 120 valence electrons. The molecule has 2 amide bonds. The zero-order chi connectivity index (χ0) is 16.4. The lowest BCUT2D eigenvalue weighted by molar-refractivity contribution is -0.199. The van der Waals surface area contributed by atoms with Crippen LogP contribution >= 0.6 is 0 Å². The van der Waals surface area contributed by atoms with Crippen molar-refractivity contribution in [3.8, 4) is 0 Å². The van der Waals surface area contributed by atoms with Gasteiger partial charge in [-0.25, -0.2) is 4.79 Å². The molecular weight excluding hydrogens is 309 g/mol. The number of likely N-dealkylation sites (tertiary alicyclic amines) is 1. The summed E-state index contributed by atoms with van der Waals surface area (Å²) in [5.41, 5.74) is -0.347. The first-order valence-corrected chi connectivity index (χ1v) is 6.42. The number of amides is 2. The second kappa shape index (κ2) is 4.37. The zero-order valence-electron chi connectivity index (χ0n) is 11.3. The van der Waals surface area contributed by atoms with Gasteiger partial charge >= 0.3 is 18.1 Å². The van der Waals surface area contributed by atoms with Crippen LogP contribution in [0.5, 0.6) is 0 Å². The van der Waals surface area contributed by atoms with Crippen LogP contribution in [-0.4, -0.2) is 64.6 Å². The highest BCUT2D eigenvalue weighted by Crippen LogP contribution is 2.49. The number of methoxy groups -OCH3 is 1. The van der Waals surface area contributed by atoms with E-state index in [-0.39, 0.29) is 24.4 Å². The molecule has 3 aliphatic rings. The Morgan fingerprint density at radius 1 is 1.36 bits per heavy atom. The van der Waals surface area contributed by atoms with E-state index in [1.807, 2.05) is 0 Å². The lowest BCUT2D eigenvalue weighted by Crippen LogP contribution is -2.74. The molecule has 2 saturated heterocycles. The van der Waals surface area contributed by atoms with Crippen LogP contribution in [0.25, 0.3) is 0 Å². The molecule has 0 aromatic rings. The number of ether oxygens (including phenoxy) is 1. The molecule has 3 heterocycles. The Hall–Kier alpha value is -2.26. The molecule has 0 bridgehead atoms. The Bertz CT molecular complexity index is 614. The normalized spacial score (nSPS) is 30.2. The number of alkyl halides is 3. The van der Waals surface area contributed by atoms with Gasteiger partial charge in [0.15, 0.2) is 5.70 Å². The molecule has 22 heavy (non-hydrogen) atoms. The predicted molar refractivity (Wildman–Crippen MR) is 62.0 cm³/mol. The number of rotatable bonds is 2. The molecular formula is C12H11F3N2O5. The Kier molecular flexibility index (Phi) is 2.91. The minimum absolute atomic E-state index is 0.0763. The summed E-state index contributed by atoms with van der Waals surface area (Å²) in [5, 5.41) is 9.19. The van der Waals surface area contributed by atoms with Crippen molar-refractivity contribution >= 4 is 17.8 Å². The second-order valence-corrected chi connectivity index (χ2v) is 5.26. The van der Waals surface area contributed by atoms with Crippen LogP contribution in [0.1, 0.15) is 6.42 Å². The highest BCUT2D eigenvalue weighted by molar-refractivity contribution is 6.03. The van der Waals surface area contributed by atoms with E-state index in [1.54, 1.807) is 0 Å². The Morgan fingerprint density at radius 2 is 2.00 bits per heavy atom. The lowest BCUT2D eigenvalue weighted by atomic mass is 9.80. The second-order valence-electron chi connectivity index (χ2n) is 5.26. The molecule has 10 heteroatoms. The fourth-order valence-corrected chi connectivity index (χ4v) is 3.49. The first-order chi connectivity index (χ1) is 10.2. The maximum atomic E-state index is 12.6. The van der Waals surface area contributed by atoms with Crippen molar-refractivity contribution in [1.82, 2.24) is 9.80 Å². The summed E-state index contributed by atoms with van der Waals surface area (Å²) in [6, 6.07) is -2.08. The molecule has 2 fully saturated rings. The number of halogens is 3. The molecule has 0 aromatic heterocycles. The molecule has 3 aliphatic heterocycles. The summed E-state index contributed by atoms with van der Waals surface area (Å²) >= 11 is 0. The van der Waals surface area contributed by atoms with Crippen molar-refractivity contribution < 1.29 is 37.4 Å². The molecule has 0 aromatic carbocycles. The zero-order valence-corrected chi connectivity index (χ0v) is 11.3. The van der Waals surface area contributed by atoms with Gasteiger partial charge in [0.1, 0.15) is 11.8 Å². The van der Waals surface area contributed by atoms with Crippen LogP contribution in [0.2, 0.25) is 0 Å². The number of hydrogen-bond donors (Lipinski definition) is 1. The number of carbonyl (C=O) groups excluding carboxylic acids is 2. The number of carbonyl (C=O) groups is 3. The third-order valence-corrected chi connectivity index (χ3v) is 4.28. The van der Waals surface area contributed by atoms with Crippen LogP contribution in [0, 0.1) is 5.92 Å². The fourth-order valence-electron chi connectivity index (χ4n) is 3.49. The van der Waals surface area contributed by atoms with Crippen LogP contribution in [-0.2, 0) is 19.1 Å². The van der Waals surface area contributed by atoms with Crippen molar-refractivity contribution in [2.45, 2.75) is 24.7 Å². The Balaban J connectivity index is 1.95. The maximum Gasteiger partial charge on any atom is 0.471 e. The van der Waals surface area contributed by atoms with Gasteiger partial charge in [-0.2, -0.15) is 13.2 Å². The number of aliphatic carboxylic acids is 1. The molecule has 3 rings (SSSR count). The quantitative estimate of drug-likeness (QED) is 0.720. The molecule has 0 saturated carbocycles. The standard InChI is InChI=1S/C12H11F3N2O5/c1-22-8-4-2-3-16(11(21)12(13,14)15)6-5(4)17(9(6)18)7(8)10(19)20/h4-6H,2-3H2,1H3,(H,19,20)/t4?,5-,6+/m1/s1. The van der Waals surface area contributed by atoms with E-state index in [0.29, 0.717) is 4.90 Å². The molecule has 1 unspecified atom stereocenters. The van der Waals surface area contributed by atoms with E-state index in [1.165, 1.54) is 7.11 Å². The molecule has 0 spiro atoms. The largest absolute Gasteiger partial charge is 0.498 e. The van der Waals surface area contributed by atoms with Crippen LogP contribution in [0.4, 0.5) is 13.2 Å². The first-order valence-electron chi connectivity index (χ1n) is 6.42. The third kappa shape index (κ3) is 1.66. The van der Waals surface area contributed by atoms with Gasteiger partial charge in [0.05, 0.1) is 13.2 Å². The topological polar surface area (TPSA) is 87.2 Å². The summed E-state index contributed by atoms with van der Waals surface area (Å²) in [6.07, 6.45) is -4.97. The van der Waals surface area contributed by atoms with Gasteiger partial charge < -0.3 is 14.7 Å². The van der Waals surface area contributed by atoms with Crippen molar-refractivity contribution in [3.63, 3.8) is 0 Å². The van der Waals surface area contributed by atoms with Crippen molar-refractivity contribution in [2.75, 3.05) is 13.7 Å². The predicted octanol–water partition coefficient (Wildman–Crippen LogP) is -0.0672. The fraction of sp³-hybridized carbons (Fsp3) is 0.583. The highest BCUT2D eigenvalue weighted by atomic mass is 19.4. The summed E-state index contributed by atoms with van der Waals surface area (Å²) in [6.45, 7) is -0.274. The van der Waals surface area contributed by atoms with E-state index in [0.717, 1.165) is 4.90 Å². The first kappa shape index (κ1) is 14.7. The van der Waals surface area contributed by atoms with Crippen LogP contribution in [0.15, 0.2) is 11.5 Å². The summed E-state index contributed by atoms with van der Waals surface area (Å²) in [4.78, 5) is 36.2. The average Bonchev–Trinajstić information content (AvgIpc) is 2.76. The van der Waals surface area contributed by atoms with Crippen molar-refractivity contribution in [1.29, 1.82) is 0 Å². The minimum atomic E-state index is -5.07. The monoisotopic (exact) mass is 320 g/mol. The van der Waals surface area contributed by atoms with Gasteiger partial charge in [0.2, 0.25) is 0 Å².